The molecule has 21 heavy (non-hydrogen) atoms. The van der Waals surface area contributed by atoms with E-state index in [4.69, 9.17) is 0 Å². The van der Waals surface area contributed by atoms with Gasteiger partial charge in [0.05, 0.1) is 11.7 Å². The van der Waals surface area contributed by atoms with Crippen LogP contribution in [0.15, 0.2) is 0 Å². The number of aliphatic hydroxyl groups excluding tert-OH is 1. The zero-order valence-electron chi connectivity index (χ0n) is 14.7. The third-order valence-electron chi connectivity index (χ3n) is 6.91. The molecule has 0 saturated heterocycles. The lowest BCUT2D eigenvalue weighted by atomic mass is 9.60. The summed E-state index contributed by atoms with van der Waals surface area (Å²) in [6.45, 7) is 11.0. The predicted octanol–water partition coefficient (Wildman–Crippen LogP) is 4.39. The Morgan fingerprint density at radius 1 is 1.19 bits per heavy atom. The van der Waals surface area contributed by atoms with Crippen molar-refractivity contribution in [2.45, 2.75) is 91.3 Å². The first-order valence-electron chi connectivity index (χ1n) is 9.05. The first kappa shape index (κ1) is 17.3. The van der Waals surface area contributed by atoms with Gasteiger partial charge in [0.2, 0.25) is 0 Å². The van der Waals surface area contributed by atoms with Crippen molar-refractivity contribution in [2.24, 2.45) is 29.1 Å². The van der Waals surface area contributed by atoms with Crippen molar-refractivity contribution in [2.75, 3.05) is 0 Å². The molecule has 2 saturated carbocycles. The van der Waals surface area contributed by atoms with Crippen LogP contribution >= 0.6 is 0 Å². The molecule has 2 nitrogen and oxygen atoms in total. The fourth-order valence-corrected chi connectivity index (χ4v) is 5.29. The molecular weight excluding hydrogens is 260 g/mol. The summed E-state index contributed by atoms with van der Waals surface area (Å²) >= 11 is 0. The molecule has 0 aromatic heterocycles. The van der Waals surface area contributed by atoms with E-state index in [9.17, 15) is 10.2 Å². The van der Waals surface area contributed by atoms with Gasteiger partial charge in [0.1, 0.15) is 0 Å². The molecule has 2 fully saturated rings. The van der Waals surface area contributed by atoms with Crippen molar-refractivity contribution in [3.05, 3.63) is 0 Å². The van der Waals surface area contributed by atoms with Gasteiger partial charge in [-0.25, -0.2) is 0 Å². The van der Waals surface area contributed by atoms with Gasteiger partial charge in [-0.05, 0) is 81.5 Å². The number of aliphatic hydroxyl groups is 2. The first-order valence-corrected chi connectivity index (χ1v) is 9.05. The van der Waals surface area contributed by atoms with Crippen molar-refractivity contribution in [1.82, 2.24) is 0 Å². The molecule has 124 valence electrons. The summed E-state index contributed by atoms with van der Waals surface area (Å²) < 4.78 is 0. The van der Waals surface area contributed by atoms with Crippen LogP contribution < -0.4 is 0 Å². The number of fused-ring (bicyclic) bond motifs is 1. The van der Waals surface area contributed by atoms with E-state index in [1.54, 1.807) is 0 Å². The van der Waals surface area contributed by atoms with Gasteiger partial charge in [0.15, 0.2) is 0 Å². The fraction of sp³-hybridized carbons (Fsp3) is 1.00. The molecule has 2 heteroatoms. The molecular formula is C19H36O2. The Morgan fingerprint density at radius 2 is 1.86 bits per heavy atom. The van der Waals surface area contributed by atoms with Gasteiger partial charge in [-0.15, -0.1) is 0 Å². The maximum absolute atomic E-state index is 10.4. The summed E-state index contributed by atoms with van der Waals surface area (Å²) in [5.74, 6) is 2.61. The van der Waals surface area contributed by atoms with Crippen LogP contribution in [0.3, 0.4) is 0 Å². The van der Waals surface area contributed by atoms with Crippen LogP contribution in [0, 0.1) is 29.1 Å². The van der Waals surface area contributed by atoms with E-state index >= 15 is 0 Å². The molecule has 2 aliphatic carbocycles. The van der Waals surface area contributed by atoms with Gasteiger partial charge in [-0.2, -0.15) is 0 Å². The molecule has 0 aliphatic heterocycles. The van der Waals surface area contributed by atoms with E-state index in [1.165, 1.54) is 25.7 Å². The second-order valence-corrected chi connectivity index (χ2v) is 8.94. The lowest BCUT2D eigenvalue weighted by molar-refractivity contribution is -0.0337. The molecule has 2 rings (SSSR count). The molecule has 0 radical (unpaired) electrons. The molecule has 0 amide bonds. The van der Waals surface area contributed by atoms with Gasteiger partial charge >= 0.3 is 0 Å². The van der Waals surface area contributed by atoms with Gasteiger partial charge in [-0.1, -0.05) is 27.2 Å². The summed E-state index contributed by atoms with van der Waals surface area (Å²) in [6, 6.07) is 0. The van der Waals surface area contributed by atoms with Crippen LogP contribution in [0.5, 0.6) is 0 Å². The minimum Gasteiger partial charge on any atom is -0.393 e. The Balaban J connectivity index is 2.00. The Kier molecular flexibility index (Phi) is 5.10. The van der Waals surface area contributed by atoms with Crippen LogP contribution in [0.4, 0.5) is 0 Å². The van der Waals surface area contributed by atoms with Crippen molar-refractivity contribution in [3.63, 3.8) is 0 Å². The first-order chi connectivity index (χ1) is 9.65. The molecule has 2 unspecified atom stereocenters. The predicted molar refractivity (Wildman–Crippen MR) is 88.0 cm³/mol. The van der Waals surface area contributed by atoms with Crippen LogP contribution in [-0.4, -0.2) is 21.9 Å². The molecule has 0 heterocycles. The number of hydrogen-bond donors (Lipinski definition) is 2. The quantitative estimate of drug-likeness (QED) is 0.790. The van der Waals surface area contributed by atoms with E-state index in [2.05, 4.69) is 20.8 Å². The van der Waals surface area contributed by atoms with Gasteiger partial charge in [-0.3, -0.25) is 0 Å². The highest BCUT2D eigenvalue weighted by Gasteiger charge is 2.52. The Bertz CT molecular complexity index is 346. The van der Waals surface area contributed by atoms with E-state index < -0.39 is 5.60 Å². The van der Waals surface area contributed by atoms with Crippen molar-refractivity contribution < 1.29 is 10.2 Å². The minimum atomic E-state index is -0.545. The van der Waals surface area contributed by atoms with Gasteiger partial charge in [0, 0.05) is 0 Å². The van der Waals surface area contributed by atoms with Crippen LogP contribution in [-0.2, 0) is 0 Å². The third-order valence-corrected chi connectivity index (χ3v) is 6.91. The Labute approximate surface area is 131 Å². The maximum atomic E-state index is 10.4. The molecule has 2 N–H and O–H groups in total. The van der Waals surface area contributed by atoms with Crippen LogP contribution in [0.2, 0.25) is 0 Å². The highest BCUT2D eigenvalue weighted by molar-refractivity contribution is 5.02. The highest BCUT2D eigenvalue weighted by Crippen LogP contribution is 2.58. The lowest BCUT2D eigenvalue weighted by Crippen LogP contribution is -2.42. The summed E-state index contributed by atoms with van der Waals surface area (Å²) in [6.07, 6.45) is 7.91. The molecule has 0 spiro atoms. The molecule has 6 atom stereocenters. The topological polar surface area (TPSA) is 40.5 Å². The van der Waals surface area contributed by atoms with Crippen molar-refractivity contribution >= 4 is 0 Å². The monoisotopic (exact) mass is 296 g/mol. The minimum absolute atomic E-state index is 0.0624. The largest absolute Gasteiger partial charge is 0.393 e. The SMILES string of the molecule is C[C@@H](CCC(C)(C)O)[C@@H](C)C1CCC2[C@@H](O)CCC[C@@]21C. The average Bonchev–Trinajstić information content (AvgIpc) is 2.73. The smallest absolute Gasteiger partial charge is 0.0591 e. The number of hydrogen-bond acceptors (Lipinski definition) is 2. The van der Waals surface area contributed by atoms with E-state index in [0.717, 1.165) is 25.2 Å². The maximum Gasteiger partial charge on any atom is 0.0591 e. The number of rotatable bonds is 5. The van der Waals surface area contributed by atoms with Gasteiger partial charge in [0.25, 0.3) is 0 Å². The zero-order valence-corrected chi connectivity index (χ0v) is 14.7. The molecule has 0 bridgehead atoms. The summed E-state index contributed by atoms with van der Waals surface area (Å²) in [4.78, 5) is 0. The summed E-state index contributed by atoms with van der Waals surface area (Å²) in [5.41, 5.74) is -0.197. The van der Waals surface area contributed by atoms with Crippen LogP contribution in [0.25, 0.3) is 0 Å². The normalized spacial score (nSPS) is 39.9. The second-order valence-electron chi connectivity index (χ2n) is 8.94. The highest BCUT2D eigenvalue weighted by atomic mass is 16.3. The van der Waals surface area contributed by atoms with Gasteiger partial charge < -0.3 is 10.2 Å². The fourth-order valence-electron chi connectivity index (χ4n) is 5.29. The van der Waals surface area contributed by atoms with Crippen molar-refractivity contribution in [3.8, 4) is 0 Å². The Morgan fingerprint density at radius 3 is 2.48 bits per heavy atom. The van der Waals surface area contributed by atoms with Crippen LogP contribution in [0.1, 0.15) is 79.6 Å². The van der Waals surface area contributed by atoms with E-state index in [-0.39, 0.29) is 6.10 Å². The van der Waals surface area contributed by atoms with Crippen molar-refractivity contribution in [1.29, 1.82) is 0 Å². The summed E-state index contributed by atoms with van der Waals surface area (Å²) in [5, 5.41) is 20.3. The third kappa shape index (κ3) is 3.64. The molecule has 0 aromatic rings. The van der Waals surface area contributed by atoms with E-state index in [1.807, 2.05) is 13.8 Å². The Hall–Kier alpha value is -0.0800. The standard InChI is InChI=1S/C19H36O2/c1-13(10-12-18(3,4)21)14(2)15-8-9-16-17(20)7-6-11-19(15,16)5/h13-17,20-21H,6-12H2,1-5H3/t13-,14+,15?,16?,17-,19+/m0/s1. The summed E-state index contributed by atoms with van der Waals surface area (Å²) in [7, 11) is 0. The van der Waals surface area contributed by atoms with E-state index in [0.29, 0.717) is 23.2 Å². The second kappa shape index (κ2) is 6.20. The average molecular weight is 296 g/mol. The molecule has 2 aliphatic rings. The molecule has 0 aromatic carbocycles. The lowest BCUT2D eigenvalue weighted by Gasteiger charge is -2.46. The zero-order chi connectivity index (χ0) is 15.8.